The number of hydrogen-bond donors (Lipinski definition) is 0. The third-order valence-corrected chi connectivity index (χ3v) is 7.28. The average Bonchev–Trinajstić information content (AvgIpc) is 3.60. The van der Waals surface area contributed by atoms with Gasteiger partial charge >= 0.3 is 0 Å². The van der Waals surface area contributed by atoms with Crippen molar-refractivity contribution in [3.05, 3.63) is 100 Å². The maximum atomic E-state index is 13.8. The zero-order valence-corrected chi connectivity index (χ0v) is 21.4. The Bertz CT molecular complexity index is 1500. The van der Waals surface area contributed by atoms with Crippen molar-refractivity contribution in [3.63, 3.8) is 0 Å². The molecule has 6 rings (SSSR count). The summed E-state index contributed by atoms with van der Waals surface area (Å²) in [5.41, 5.74) is 2.68. The summed E-state index contributed by atoms with van der Waals surface area (Å²) in [6.45, 7) is -0.304. The summed E-state index contributed by atoms with van der Waals surface area (Å²) in [7, 11) is 0. The molecule has 38 heavy (non-hydrogen) atoms. The van der Waals surface area contributed by atoms with Gasteiger partial charge in [-0.1, -0.05) is 69.7 Å². The van der Waals surface area contributed by atoms with Crippen LogP contribution in [0.4, 0.5) is 10.1 Å². The van der Waals surface area contributed by atoms with E-state index in [9.17, 15) is 18.8 Å². The van der Waals surface area contributed by atoms with Gasteiger partial charge in [-0.25, -0.2) is 14.3 Å². The van der Waals surface area contributed by atoms with Crippen LogP contribution < -0.4 is 4.90 Å². The number of rotatable bonds is 5. The lowest BCUT2D eigenvalue weighted by Crippen LogP contribution is -2.44. The van der Waals surface area contributed by atoms with Crippen LogP contribution in [-0.4, -0.2) is 52.1 Å². The molecule has 0 aromatic heterocycles. The van der Waals surface area contributed by atoms with Gasteiger partial charge in [-0.15, -0.1) is 0 Å². The summed E-state index contributed by atoms with van der Waals surface area (Å²) >= 11 is 3.44. The summed E-state index contributed by atoms with van der Waals surface area (Å²) in [5, 5.41) is 15.3. The first-order valence-corrected chi connectivity index (χ1v) is 12.7. The Hall–Kier alpha value is -4.25. The molecule has 3 aliphatic heterocycles. The lowest BCUT2D eigenvalue weighted by atomic mass is 9.98. The number of amides is 3. The van der Waals surface area contributed by atoms with Crippen LogP contribution in [0.3, 0.4) is 0 Å². The number of benzene rings is 3. The lowest BCUT2D eigenvalue weighted by Gasteiger charge is -2.25. The van der Waals surface area contributed by atoms with E-state index in [1.807, 2.05) is 54.6 Å². The molecule has 11 heteroatoms. The number of fused-ring (bicyclic) bond motifs is 1. The van der Waals surface area contributed by atoms with E-state index in [4.69, 9.17) is 0 Å². The minimum atomic E-state index is -1.09. The summed E-state index contributed by atoms with van der Waals surface area (Å²) in [5.74, 6) is -2.18. The van der Waals surface area contributed by atoms with Crippen LogP contribution in [0, 0.1) is 5.82 Å². The van der Waals surface area contributed by atoms with Crippen LogP contribution in [-0.2, 0) is 14.4 Å². The van der Waals surface area contributed by atoms with Crippen LogP contribution >= 0.6 is 15.9 Å². The van der Waals surface area contributed by atoms with Gasteiger partial charge in [0.2, 0.25) is 0 Å². The van der Waals surface area contributed by atoms with Crippen LogP contribution in [0.15, 0.2) is 98.8 Å². The second-order valence-corrected chi connectivity index (χ2v) is 10.0. The summed E-state index contributed by atoms with van der Waals surface area (Å²) in [6.07, 6.45) is 0.510. The van der Waals surface area contributed by atoms with Gasteiger partial charge < -0.3 is 0 Å². The van der Waals surface area contributed by atoms with Gasteiger partial charge in [-0.3, -0.25) is 19.4 Å². The Morgan fingerprint density at radius 3 is 2.47 bits per heavy atom. The first kappa shape index (κ1) is 24.1. The topological polar surface area (TPSA) is 98.0 Å². The molecule has 0 spiro atoms. The highest BCUT2D eigenvalue weighted by atomic mass is 79.9. The normalized spacial score (nSPS) is 22.3. The number of hydrogen-bond acceptors (Lipinski definition) is 7. The smallest absolute Gasteiger partial charge is 0.264 e. The van der Waals surface area contributed by atoms with E-state index in [2.05, 4.69) is 31.4 Å². The first-order chi connectivity index (χ1) is 18.4. The van der Waals surface area contributed by atoms with Crippen molar-refractivity contribution in [2.45, 2.75) is 24.5 Å². The fourth-order valence-corrected chi connectivity index (χ4v) is 5.19. The number of carbonyl (C=O) groups excluding carboxylic acids is 3. The molecule has 0 radical (unpaired) electrons. The molecule has 0 aliphatic carbocycles. The molecule has 0 unspecified atom stereocenters. The molecule has 3 aliphatic rings. The fourth-order valence-electron chi connectivity index (χ4n) is 4.93. The molecule has 3 aromatic rings. The summed E-state index contributed by atoms with van der Waals surface area (Å²) in [6, 6.07) is 20.0. The molecule has 0 bridgehead atoms. The Morgan fingerprint density at radius 2 is 1.74 bits per heavy atom. The van der Waals surface area contributed by atoms with E-state index >= 15 is 0 Å². The highest BCUT2D eigenvalue weighted by Crippen LogP contribution is 2.35. The highest BCUT2D eigenvalue weighted by molar-refractivity contribution is 9.10. The first-order valence-electron chi connectivity index (χ1n) is 11.9. The number of imide groups is 1. The van der Waals surface area contributed by atoms with E-state index < -0.39 is 35.6 Å². The largest absolute Gasteiger partial charge is 0.271 e. The summed E-state index contributed by atoms with van der Waals surface area (Å²) in [4.78, 5) is 40.7. The van der Waals surface area contributed by atoms with Crippen molar-refractivity contribution in [3.8, 4) is 0 Å². The number of nitrogens with zero attached hydrogens (tertiary/aromatic N) is 6. The zero-order chi connectivity index (χ0) is 26.4. The van der Waals surface area contributed by atoms with Gasteiger partial charge in [0.15, 0.2) is 12.1 Å². The molecule has 190 valence electrons. The number of carbonyl (C=O) groups is 3. The molecule has 3 atom stereocenters. The molecule has 1 saturated heterocycles. The van der Waals surface area contributed by atoms with Crippen molar-refractivity contribution < 1.29 is 18.8 Å². The Kier molecular flexibility index (Phi) is 6.07. The molecule has 3 heterocycles. The minimum absolute atomic E-state index is 0.114. The maximum Gasteiger partial charge on any atom is 0.264 e. The quantitative estimate of drug-likeness (QED) is 0.425. The molecule has 1 fully saturated rings. The average molecular weight is 575 g/mol. The highest BCUT2D eigenvalue weighted by Gasteiger charge is 2.55. The van der Waals surface area contributed by atoms with Gasteiger partial charge in [-0.05, 0) is 41.5 Å². The Labute approximate surface area is 225 Å². The van der Waals surface area contributed by atoms with Gasteiger partial charge in [0, 0.05) is 10.9 Å². The van der Waals surface area contributed by atoms with Crippen molar-refractivity contribution in [2.75, 3.05) is 11.4 Å². The van der Waals surface area contributed by atoms with Gasteiger partial charge in [-0.2, -0.15) is 10.2 Å². The summed E-state index contributed by atoms with van der Waals surface area (Å²) < 4.78 is 14.7. The van der Waals surface area contributed by atoms with Crippen molar-refractivity contribution in [2.24, 2.45) is 15.4 Å². The SMILES string of the molecule is O=C1[C@H]2N=NN(CC(=O)N3N=C(c4ccc(Br)cc4)C[C@@H]3c3ccccc3)[C@H]2C(=O)N1c1cccc(F)c1. The molecule has 0 saturated carbocycles. The number of anilines is 1. The van der Waals surface area contributed by atoms with Crippen molar-refractivity contribution in [1.82, 2.24) is 10.0 Å². The molecule has 9 nitrogen and oxygen atoms in total. The van der Waals surface area contributed by atoms with Crippen LogP contribution in [0.5, 0.6) is 0 Å². The van der Waals surface area contributed by atoms with Crippen molar-refractivity contribution >= 4 is 45.1 Å². The second kappa shape index (κ2) is 9.56. The fraction of sp³-hybridized carbons (Fsp3) is 0.185. The third-order valence-electron chi connectivity index (χ3n) is 6.75. The molecule has 0 N–H and O–H groups in total. The third kappa shape index (κ3) is 4.18. The second-order valence-electron chi connectivity index (χ2n) is 9.11. The predicted octanol–water partition coefficient (Wildman–Crippen LogP) is 4.26. The van der Waals surface area contributed by atoms with Gasteiger partial charge in [0.25, 0.3) is 17.7 Å². The Balaban J connectivity index is 1.26. The van der Waals surface area contributed by atoms with Crippen LogP contribution in [0.25, 0.3) is 0 Å². The standard InChI is InChI=1S/C27H20BrFN6O3/c28-18-11-9-16(10-12-18)21-14-22(17-5-2-1-3-6-17)35(31-21)23(36)15-33-25-24(30-32-33)26(37)34(27(25)38)20-8-4-7-19(29)13-20/h1-13,22,24-25H,14-15H2/t22-,24+,25-/m1/s1. The van der Waals surface area contributed by atoms with Gasteiger partial charge in [0.1, 0.15) is 12.4 Å². The van der Waals surface area contributed by atoms with E-state index in [1.54, 1.807) is 0 Å². The van der Waals surface area contributed by atoms with Crippen LogP contribution in [0.1, 0.15) is 23.6 Å². The molecular weight excluding hydrogens is 555 g/mol. The molecular formula is C27H20BrFN6O3. The van der Waals surface area contributed by atoms with Gasteiger partial charge in [0.05, 0.1) is 17.4 Å². The van der Waals surface area contributed by atoms with E-state index in [0.29, 0.717) is 6.42 Å². The molecule has 3 amide bonds. The minimum Gasteiger partial charge on any atom is -0.271 e. The number of halogens is 2. The maximum absolute atomic E-state index is 13.8. The van der Waals surface area contributed by atoms with E-state index in [0.717, 1.165) is 32.3 Å². The lowest BCUT2D eigenvalue weighted by molar-refractivity contribution is -0.135. The van der Waals surface area contributed by atoms with Crippen molar-refractivity contribution in [1.29, 1.82) is 0 Å². The number of hydrazone groups is 1. The van der Waals surface area contributed by atoms with Crippen LogP contribution in [0.2, 0.25) is 0 Å². The van der Waals surface area contributed by atoms with E-state index in [-0.39, 0.29) is 18.3 Å². The molecule has 3 aromatic carbocycles. The predicted molar refractivity (Wildman–Crippen MR) is 139 cm³/mol. The Morgan fingerprint density at radius 1 is 0.974 bits per heavy atom. The monoisotopic (exact) mass is 574 g/mol. The van der Waals surface area contributed by atoms with E-state index in [1.165, 1.54) is 28.2 Å². The zero-order valence-electron chi connectivity index (χ0n) is 19.8.